The van der Waals surface area contributed by atoms with E-state index in [1.54, 1.807) is 7.05 Å². The molecule has 98 valence electrons. The lowest BCUT2D eigenvalue weighted by molar-refractivity contribution is -0.115. The maximum Gasteiger partial charge on any atom is 0.254 e. The Kier molecular flexibility index (Phi) is 3.61. The minimum Gasteiger partial charge on any atom is -0.365 e. The fourth-order valence-corrected chi connectivity index (χ4v) is 1.72. The minimum absolute atomic E-state index is 0.198. The fourth-order valence-electron chi connectivity index (χ4n) is 1.72. The van der Waals surface area contributed by atoms with Crippen LogP contribution in [0.4, 0.5) is 5.82 Å². The van der Waals surface area contributed by atoms with E-state index in [2.05, 4.69) is 10.4 Å². The monoisotopic (exact) mass is 258 g/mol. The van der Waals surface area contributed by atoms with Crippen LogP contribution in [0.2, 0.25) is 0 Å². The van der Waals surface area contributed by atoms with Crippen molar-refractivity contribution in [2.75, 3.05) is 5.32 Å². The fraction of sp³-hybridized carbons (Fsp3) is 0.154. The van der Waals surface area contributed by atoms with Crippen molar-refractivity contribution in [2.45, 2.75) is 6.42 Å². The molecule has 2 aromatic rings. The second kappa shape index (κ2) is 5.34. The Hall–Kier alpha value is -2.63. The van der Waals surface area contributed by atoms with Gasteiger partial charge in [0, 0.05) is 7.05 Å². The lowest BCUT2D eigenvalue weighted by atomic mass is 10.1. The summed E-state index contributed by atoms with van der Waals surface area (Å²) in [6, 6.07) is 9.33. The average molecular weight is 258 g/mol. The van der Waals surface area contributed by atoms with Crippen molar-refractivity contribution in [3.05, 3.63) is 47.7 Å². The second-order valence-corrected chi connectivity index (χ2v) is 4.11. The van der Waals surface area contributed by atoms with Gasteiger partial charge < -0.3 is 11.1 Å². The van der Waals surface area contributed by atoms with Crippen molar-refractivity contribution < 1.29 is 9.59 Å². The summed E-state index contributed by atoms with van der Waals surface area (Å²) in [5, 5.41) is 6.55. The van der Waals surface area contributed by atoms with Crippen LogP contribution in [0.15, 0.2) is 36.5 Å². The van der Waals surface area contributed by atoms with Crippen LogP contribution in [-0.2, 0) is 18.3 Å². The molecule has 0 aliphatic heterocycles. The van der Waals surface area contributed by atoms with Crippen molar-refractivity contribution in [3.8, 4) is 0 Å². The highest BCUT2D eigenvalue weighted by atomic mass is 16.2. The molecule has 1 aromatic carbocycles. The third-order valence-electron chi connectivity index (χ3n) is 2.67. The smallest absolute Gasteiger partial charge is 0.254 e. The lowest BCUT2D eigenvalue weighted by Gasteiger charge is -2.07. The first kappa shape index (κ1) is 12.8. The highest BCUT2D eigenvalue weighted by Crippen LogP contribution is 2.13. The number of nitrogens with zero attached hydrogens (tertiary/aromatic N) is 2. The van der Waals surface area contributed by atoms with Gasteiger partial charge in [0.1, 0.15) is 11.4 Å². The molecule has 0 atom stereocenters. The number of nitrogens with two attached hydrogens (primary N) is 1. The molecule has 1 aromatic heterocycles. The van der Waals surface area contributed by atoms with Crippen LogP contribution >= 0.6 is 0 Å². The van der Waals surface area contributed by atoms with Gasteiger partial charge in [0.2, 0.25) is 5.91 Å². The van der Waals surface area contributed by atoms with Crippen LogP contribution in [0.1, 0.15) is 15.9 Å². The standard InChI is InChI=1S/C13H14N4O2/c1-17-13(10(8-15-17)12(14)19)16-11(18)7-9-5-3-2-4-6-9/h2-6,8H,7H2,1H3,(H2,14,19)(H,16,18). The highest BCUT2D eigenvalue weighted by Gasteiger charge is 2.15. The van der Waals surface area contributed by atoms with Crippen molar-refractivity contribution in [1.29, 1.82) is 0 Å². The number of aromatic nitrogens is 2. The van der Waals surface area contributed by atoms with Gasteiger partial charge in [-0.05, 0) is 5.56 Å². The molecule has 0 fully saturated rings. The SMILES string of the molecule is Cn1ncc(C(N)=O)c1NC(=O)Cc1ccccc1. The zero-order valence-electron chi connectivity index (χ0n) is 10.5. The number of benzene rings is 1. The van der Waals surface area contributed by atoms with E-state index in [4.69, 9.17) is 5.73 Å². The van der Waals surface area contributed by atoms with E-state index in [0.717, 1.165) is 5.56 Å². The Morgan fingerprint density at radius 3 is 2.63 bits per heavy atom. The van der Waals surface area contributed by atoms with Crippen molar-refractivity contribution in [3.63, 3.8) is 0 Å². The molecule has 3 N–H and O–H groups in total. The maximum absolute atomic E-state index is 11.9. The van der Waals surface area contributed by atoms with E-state index < -0.39 is 5.91 Å². The molecule has 2 rings (SSSR count). The Morgan fingerprint density at radius 2 is 2.00 bits per heavy atom. The van der Waals surface area contributed by atoms with Gasteiger partial charge in [0.15, 0.2) is 0 Å². The topological polar surface area (TPSA) is 90.0 Å². The van der Waals surface area contributed by atoms with Crippen LogP contribution in [0, 0.1) is 0 Å². The molecular weight excluding hydrogens is 244 g/mol. The van der Waals surface area contributed by atoms with Crippen LogP contribution < -0.4 is 11.1 Å². The summed E-state index contributed by atoms with van der Waals surface area (Å²) in [5.41, 5.74) is 6.30. The number of hydrogen-bond acceptors (Lipinski definition) is 3. The predicted molar refractivity (Wildman–Crippen MR) is 70.5 cm³/mol. The summed E-state index contributed by atoms with van der Waals surface area (Å²) in [4.78, 5) is 23.1. The average Bonchev–Trinajstić information content (AvgIpc) is 2.72. The van der Waals surface area contributed by atoms with Crippen LogP contribution in [0.3, 0.4) is 0 Å². The summed E-state index contributed by atoms with van der Waals surface area (Å²) in [7, 11) is 1.63. The van der Waals surface area contributed by atoms with E-state index in [9.17, 15) is 9.59 Å². The number of nitrogens with one attached hydrogen (secondary N) is 1. The van der Waals surface area contributed by atoms with Gasteiger partial charge in [0.25, 0.3) is 5.91 Å². The third-order valence-corrected chi connectivity index (χ3v) is 2.67. The normalized spacial score (nSPS) is 10.2. The summed E-state index contributed by atoms with van der Waals surface area (Å²) < 4.78 is 1.41. The molecular formula is C13H14N4O2. The first-order valence-electron chi connectivity index (χ1n) is 5.73. The van der Waals surface area contributed by atoms with E-state index in [1.807, 2.05) is 30.3 Å². The quantitative estimate of drug-likeness (QED) is 0.845. The molecule has 19 heavy (non-hydrogen) atoms. The Balaban J connectivity index is 2.11. The van der Waals surface area contributed by atoms with E-state index in [-0.39, 0.29) is 17.9 Å². The molecule has 0 saturated carbocycles. The molecule has 0 unspecified atom stereocenters. The molecule has 6 nitrogen and oxygen atoms in total. The highest BCUT2D eigenvalue weighted by molar-refractivity contribution is 6.02. The minimum atomic E-state index is -0.622. The van der Waals surface area contributed by atoms with Gasteiger partial charge in [-0.2, -0.15) is 5.10 Å². The molecule has 6 heteroatoms. The first-order chi connectivity index (χ1) is 9.08. The Morgan fingerprint density at radius 1 is 1.32 bits per heavy atom. The van der Waals surface area contributed by atoms with Gasteiger partial charge in [-0.3, -0.25) is 14.3 Å². The number of primary amides is 1. The molecule has 0 bridgehead atoms. The van der Waals surface area contributed by atoms with Crippen LogP contribution in [0.25, 0.3) is 0 Å². The number of amides is 2. The predicted octanol–water partition coefficient (Wildman–Crippen LogP) is 0.700. The zero-order valence-corrected chi connectivity index (χ0v) is 10.5. The maximum atomic E-state index is 11.9. The van der Waals surface area contributed by atoms with E-state index in [1.165, 1.54) is 10.9 Å². The lowest BCUT2D eigenvalue weighted by Crippen LogP contribution is -2.20. The number of hydrogen-bond donors (Lipinski definition) is 2. The van der Waals surface area contributed by atoms with Gasteiger partial charge in [-0.25, -0.2) is 0 Å². The van der Waals surface area contributed by atoms with Gasteiger partial charge in [-0.1, -0.05) is 30.3 Å². The van der Waals surface area contributed by atoms with Crippen LogP contribution in [-0.4, -0.2) is 21.6 Å². The molecule has 0 aliphatic carbocycles. The Labute approximate surface area is 110 Å². The number of anilines is 1. The van der Waals surface area contributed by atoms with Gasteiger partial charge in [-0.15, -0.1) is 0 Å². The first-order valence-corrected chi connectivity index (χ1v) is 5.73. The Bertz CT molecular complexity index is 604. The van der Waals surface area contributed by atoms with Crippen molar-refractivity contribution >= 4 is 17.6 Å². The molecule has 0 aliphatic rings. The number of aryl methyl sites for hydroxylation is 1. The summed E-state index contributed by atoms with van der Waals surface area (Å²) >= 11 is 0. The number of rotatable bonds is 4. The summed E-state index contributed by atoms with van der Waals surface area (Å²) in [5.74, 6) is -0.533. The van der Waals surface area contributed by atoms with Crippen LogP contribution in [0.5, 0.6) is 0 Å². The van der Waals surface area contributed by atoms with Crippen molar-refractivity contribution in [2.24, 2.45) is 12.8 Å². The van der Waals surface area contributed by atoms with Gasteiger partial charge in [0.05, 0.1) is 12.6 Å². The molecule has 0 saturated heterocycles. The van der Waals surface area contributed by atoms with Gasteiger partial charge >= 0.3 is 0 Å². The second-order valence-electron chi connectivity index (χ2n) is 4.11. The number of carbonyl (C=O) groups excluding carboxylic acids is 2. The zero-order chi connectivity index (χ0) is 13.8. The van der Waals surface area contributed by atoms with E-state index in [0.29, 0.717) is 5.82 Å². The third kappa shape index (κ3) is 2.98. The molecule has 0 spiro atoms. The number of carbonyl (C=O) groups is 2. The molecule has 0 radical (unpaired) electrons. The summed E-state index contributed by atoms with van der Waals surface area (Å²) in [6.07, 6.45) is 1.56. The van der Waals surface area contributed by atoms with E-state index >= 15 is 0 Å². The molecule has 1 heterocycles. The van der Waals surface area contributed by atoms with Crippen molar-refractivity contribution in [1.82, 2.24) is 9.78 Å². The largest absolute Gasteiger partial charge is 0.365 e. The molecule has 2 amide bonds. The summed E-state index contributed by atoms with van der Waals surface area (Å²) in [6.45, 7) is 0.